The minimum atomic E-state index is -0.492. The molecule has 0 atom stereocenters. The zero-order chi connectivity index (χ0) is 10.7. The lowest BCUT2D eigenvalue weighted by Gasteiger charge is -2.07. The molecule has 0 radical (unpaired) electrons. The normalized spacial score (nSPS) is 9.71. The number of hydrogen-bond acceptors (Lipinski definition) is 4. The lowest BCUT2D eigenvalue weighted by molar-refractivity contribution is 0.0596. The summed E-state index contributed by atoms with van der Waals surface area (Å²) in [5, 5.41) is 0.314. The molecular weight excluding hydrogens is 206 g/mol. The summed E-state index contributed by atoms with van der Waals surface area (Å²) in [7, 11) is 2.71. The second-order valence-corrected chi connectivity index (χ2v) is 3.00. The third-order valence-corrected chi connectivity index (χ3v) is 2.10. The third kappa shape index (κ3) is 1.96. The number of halogens is 1. The number of hydrogen-bond donors (Lipinski definition) is 0. The highest BCUT2D eigenvalue weighted by Gasteiger charge is 2.16. The molecule has 0 aliphatic rings. The summed E-state index contributed by atoms with van der Waals surface area (Å²) in [6.45, 7) is 1.75. The second-order valence-electron chi connectivity index (χ2n) is 2.64. The Labute approximate surface area is 86.8 Å². The van der Waals surface area contributed by atoms with Crippen LogP contribution in [0.15, 0.2) is 6.07 Å². The zero-order valence-electron chi connectivity index (χ0n) is 8.13. The number of carbonyl (C=O) groups is 1. The maximum atomic E-state index is 11.3. The summed E-state index contributed by atoms with van der Waals surface area (Å²) in [4.78, 5) is 15.2. The van der Waals surface area contributed by atoms with E-state index in [0.29, 0.717) is 10.7 Å². The Kier molecular flexibility index (Phi) is 3.30. The van der Waals surface area contributed by atoms with E-state index in [2.05, 4.69) is 9.72 Å². The minimum Gasteiger partial charge on any atom is -0.480 e. The van der Waals surface area contributed by atoms with Gasteiger partial charge < -0.3 is 9.47 Å². The van der Waals surface area contributed by atoms with Gasteiger partial charge in [0.2, 0.25) is 5.88 Å². The Morgan fingerprint density at radius 1 is 1.50 bits per heavy atom. The summed E-state index contributed by atoms with van der Waals surface area (Å²) in [5.74, 6) is -0.318. The van der Waals surface area contributed by atoms with Crippen molar-refractivity contribution in [3.8, 4) is 5.88 Å². The van der Waals surface area contributed by atoms with Crippen LogP contribution in [0, 0.1) is 6.92 Å². The van der Waals surface area contributed by atoms with Crippen LogP contribution in [0.1, 0.15) is 15.9 Å². The van der Waals surface area contributed by atoms with Crippen molar-refractivity contribution in [3.63, 3.8) is 0 Å². The second kappa shape index (κ2) is 4.28. The molecule has 1 aromatic rings. The van der Waals surface area contributed by atoms with E-state index >= 15 is 0 Å². The summed E-state index contributed by atoms with van der Waals surface area (Å²) in [6, 6.07) is 1.58. The minimum absolute atomic E-state index is 0.174. The molecule has 14 heavy (non-hydrogen) atoms. The Morgan fingerprint density at radius 2 is 2.14 bits per heavy atom. The van der Waals surface area contributed by atoms with Crippen LogP contribution < -0.4 is 4.74 Å². The molecule has 0 amide bonds. The van der Waals surface area contributed by atoms with Gasteiger partial charge in [-0.25, -0.2) is 9.78 Å². The smallest absolute Gasteiger partial charge is 0.343 e. The SMILES string of the molecule is COC(=O)c1cc(C)c(Cl)nc1OC. The lowest BCUT2D eigenvalue weighted by atomic mass is 10.2. The van der Waals surface area contributed by atoms with Gasteiger partial charge >= 0.3 is 5.97 Å². The first-order valence-electron chi connectivity index (χ1n) is 3.89. The van der Waals surface area contributed by atoms with E-state index in [-0.39, 0.29) is 11.4 Å². The maximum absolute atomic E-state index is 11.3. The molecular formula is C9H10ClNO3. The summed E-state index contributed by atoms with van der Waals surface area (Å²) in [6.07, 6.45) is 0. The van der Waals surface area contributed by atoms with Crippen molar-refractivity contribution in [2.24, 2.45) is 0 Å². The molecule has 0 bridgehead atoms. The first-order chi connectivity index (χ1) is 6.60. The molecule has 0 saturated carbocycles. The maximum Gasteiger partial charge on any atom is 0.343 e. The van der Waals surface area contributed by atoms with Crippen LogP contribution in [0.2, 0.25) is 5.15 Å². The molecule has 76 valence electrons. The summed E-state index contributed by atoms with van der Waals surface area (Å²) >= 11 is 5.77. The van der Waals surface area contributed by atoms with Crippen LogP contribution in [0.3, 0.4) is 0 Å². The highest BCUT2D eigenvalue weighted by atomic mass is 35.5. The number of methoxy groups -OCH3 is 2. The number of esters is 1. The summed E-state index contributed by atoms with van der Waals surface area (Å²) in [5.41, 5.74) is 0.977. The highest BCUT2D eigenvalue weighted by molar-refractivity contribution is 6.30. The van der Waals surface area contributed by atoms with Crippen LogP contribution >= 0.6 is 11.6 Å². The van der Waals surface area contributed by atoms with E-state index in [1.165, 1.54) is 14.2 Å². The van der Waals surface area contributed by atoms with Crippen LogP contribution in [0.25, 0.3) is 0 Å². The van der Waals surface area contributed by atoms with Gasteiger partial charge in [-0.15, -0.1) is 0 Å². The van der Waals surface area contributed by atoms with Gasteiger partial charge in [0.25, 0.3) is 0 Å². The van der Waals surface area contributed by atoms with E-state index in [0.717, 1.165) is 0 Å². The predicted molar refractivity (Wildman–Crippen MR) is 51.9 cm³/mol. The van der Waals surface area contributed by atoms with E-state index in [1.54, 1.807) is 13.0 Å². The molecule has 0 saturated heterocycles. The number of nitrogens with zero attached hydrogens (tertiary/aromatic N) is 1. The quantitative estimate of drug-likeness (QED) is 0.558. The van der Waals surface area contributed by atoms with Gasteiger partial charge in [0.1, 0.15) is 10.7 Å². The molecule has 1 aromatic heterocycles. The fraction of sp³-hybridized carbons (Fsp3) is 0.333. The molecule has 0 spiro atoms. The first-order valence-corrected chi connectivity index (χ1v) is 4.27. The number of carbonyl (C=O) groups excluding carboxylic acids is 1. The Balaban J connectivity index is 3.27. The molecule has 1 rings (SSSR count). The van der Waals surface area contributed by atoms with Crippen molar-refractivity contribution in [1.82, 2.24) is 4.98 Å². The van der Waals surface area contributed by atoms with E-state index in [1.807, 2.05) is 0 Å². The zero-order valence-corrected chi connectivity index (χ0v) is 8.88. The summed E-state index contributed by atoms with van der Waals surface area (Å²) < 4.78 is 9.48. The van der Waals surface area contributed by atoms with Gasteiger partial charge in [-0.3, -0.25) is 0 Å². The van der Waals surface area contributed by atoms with E-state index < -0.39 is 5.97 Å². The molecule has 0 aromatic carbocycles. The van der Waals surface area contributed by atoms with E-state index in [9.17, 15) is 4.79 Å². The van der Waals surface area contributed by atoms with Gasteiger partial charge in [-0.1, -0.05) is 11.6 Å². The number of aryl methyl sites for hydroxylation is 1. The van der Waals surface area contributed by atoms with Crippen molar-refractivity contribution < 1.29 is 14.3 Å². The van der Waals surface area contributed by atoms with Gasteiger partial charge in [0, 0.05) is 0 Å². The van der Waals surface area contributed by atoms with E-state index in [4.69, 9.17) is 16.3 Å². The van der Waals surface area contributed by atoms with Crippen molar-refractivity contribution in [1.29, 1.82) is 0 Å². The molecule has 0 unspecified atom stereocenters. The Bertz CT molecular complexity index is 365. The molecule has 0 fully saturated rings. The fourth-order valence-electron chi connectivity index (χ4n) is 0.987. The molecule has 0 aliphatic carbocycles. The van der Waals surface area contributed by atoms with Crippen molar-refractivity contribution in [2.75, 3.05) is 14.2 Å². The van der Waals surface area contributed by atoms with Gasteiger partial charge in [0.05, 0.1) is 14.2 Å². The van der Waals surface area contributed by atoms with Crippen molar-refractivity contribution >= 4 is 17.6 Å². The third-order valence-electron chi connectivity index (χ3n) is 1.72. The first kappa shape index (κ1) is 10.8. The number of aromatic nitrogens is 1. The largest absolute Gasteiger partial charge is 0.480 e. The van der Waals surface area contributed by atoms with Gasteiger partial charge in [-0.05, 0) is 18.6 Å². The fourth-order valence-corrected chi connectivity index (χ4v) is 1.12. The average Bonchev–Trinajstić information content (AvgIpc) is 2.20. The Morgan fingerprint density at radius 3 is 2.64 bits per heavy atom. The van der Waals surface area contributed by atoms with Gasteiger partial charge in [-0.2, -0.15) is 0 Å². The molecule has 0 N–H and O–H groups in total. The van der Waals surface area contributed by atoms with Crippen LogP contribution in [0.5, 0.6) is 5.88 Å². The molecule has 5 heteroatoms. The Hall–Kier alpha value is -1.29. The lowest BCUT2D eigenvalue weighted by Crippen LogP contribution is -2.06. The number of rotatable bonds is 2. The number of pyridine rings is 1. The monoisotopic (exact) mass is 215 g/mol. The number of ether oxygens (including phenoxy) is 2. The average molecular weight is 216 g/mol. The highest BCUT2D eigenvalue weighted by Crippen LogP contribution is 2.22. The predicted octanol–water partition coefficient (Wildman–Crippen LogP) is 1.84. The molecule has 4 nitrogen and oxygen atoms in total. The van der Waals surface area contributed by atoms with Crippen molar-refractivity contribution in [2.45, 2.75) is 6.92 Å². The topological polar surface area (TPSA) is 48.4 Å². The van der Waals surface area contributed by atoms with Crippen LogP contribution in [-0.2, 0) is 4.74 Å². The van der Waals surface area contributed by atoms with Crippen LogP contribution in [0.4, 0.5) is 0 Å². The van der Waals surface area contributed by atoms with Gasteiger partial charge in [0.15, 0.2) is 0 Å². The van der Waals surface area contributed by atoms with Crippen molar-refractivity contribution in [3.05, 3.63) is 22.3 Å². The molecule has 1 heterocycles. The standard InChI is InChI=1S/C9H10ClNO3/c1-5-4-6(9(12)14-3)8(13-2)11-7(5)10/h4H,1-3H3. The van der Waals surface area contributed by atoms with Crippen LogP contribution in [-0.4, -0.2) is 25.2 Å². The molecule has 0 aliphatic heterocycles.